The van der Waals surface area contributed by atoms with Crippen LogP contribution in [0.4, 0.5) is 5.82 Å². The van der Waals surface area contributed by atoms with Gasteiger partial charge in [-0.25, -0.2) is 9.97 Å². The first-order valence-corrected chi connectivity index (χ1v) is 6.84. The Labute approximate surface area is 110 Å². The molecule has 0 saturated carbocycles. The number of ether oxygens (including phenoxy) is 1. The molecule has 6 heteroatoms. The van der Waals surface area contributed by atoms with Crippen molar-refractivity contribution in [2.75, 3.05) is 11.9 Å². The minimum Gasteiger partial charge on any atom is -0.376 e. The van der Waals surface area contributed by atoms with E-state index < -0.39 is 0 Å². The van der Waals surface area contributed by atoms with Crippen LogP contribution in [0.2, 0.25) is 0 Å². The molecule has 0 radical (unpaired) electrons. The Balaban J connectivity index is 2.02. The summed E-state index contributed by atoms with van der Waals surface area (Å²) >= 11 is 1.41. The minimum atomic E-state index is -0.0737. The second kappa shape index (κ2) is 4.13. The van der Waals surface area contributed by atoms with Gasteiger partial charge in [-0.05, 0) is 38.7 Å². The summed E-state index contributed by atoms with van der Waals surface area (Å²) in [6.07, 6.45) is 2.75. The monoisotopic (exact) mass is 264 g/mol. The first-order chi connectivity index (χ1) is 8.60. The number of hydrogen-bond donors (Lipinski definition) is 1. The fourth-order valence-corrected chi connectivity index (χ4v) is 3.03. The zero-order chi connectivity index (χ0) is 12.8. The molecule has 0 spiro atoms. The van der Waals surface area contributed by atoms with Crippen LogP contribution in [0.25, 0.3) is 10.2 Å². The van der Waals surface area contributed by atoms with Gasteiger partial charge in [0.25, 0.3) is 0 Å². The van der Waals surface area contributed by atoms with Crippen LogP contribution in [0.1, 0.15) is 26.0 Å². The molecule has 1 aliphatic rings. The summed E-state index contributed by atoms with van der Waals surface area (Å²) in [4.78, 5) is 9.56. The molecule has 1 fully saturated rings. The highest BCUT2D eigenvalue weighted by molar-refractivity contribution is 7.13. The van der Waals surface area contributed by atoms with Gasteiger partial charge >= 0.3 is 0 Å². The SMILES string of the molecule is Cc1nsc2ncnc(NC3(C)CCOC3C)c12. The number of anilines is 1. The molecule has 2 aromatic heterocycles. The van der Waals surface area contributed by atoms with Crippen molar-refractivity contribution in [2.24, 2.45) is 0 Å². The number of hydrogen-bond acceptors (Lipinski definition) is 6. The van der Waals surface area contributed by atoms with E-state index in [4.69, 9.17) is 4.74 Å². The van der Waals surface area contributed by atoms with Crippen molar-refractivity contribution < 1.29 is 4.74 Å². The third-order valence-corrected chi connectivity index (χ3v) is 4.58. The fraction of sp³-hybridized carbons (Fsp3) is 0.583. The average Bonchev–Trinajstić information content (AvgIpc) is 2.86. The van der Waals surface area contributed by atoms with Gasteiger partial charge in [0, 0.05) is 6.61 Å². The lowest BCUT2D eigenvalue weighted by Gasteiger charge is -2.29. The molecule has 5 nitrogen and oxygen atoms in total. The standard InChI is InChI=1S/C12H16N4OS/c1-7-9-10(13-6-14-11(9)18-16-7)15-12(3)4-5-17-8(12)2/h6,8H,4-5H2,1-3H3,(H,13,14,15). The van der Waals surface area contributed by atoms with Gasteiger partial charge in [0.05, 0.1) is 22.7 Å². The van der Waals surface area contributed by atoms with Crippen LogP contribution in [0, 0.1) is 6.92 Å². The Morgan fingerprint density at radius 2 is 2.33 bits per heavy atom. The normalized spacial score (nSPS) is 27.8. The van der Waals surface area contributed by atoms with E-state index in [9.17, 15) is 0 Å². The van der Waals surface area contributed by atoms with Crippen LogP contribution >= 0.6 is 11.5 Å². The van der Waals surface area contributed by atoms with E-state index >= 15 is 0 Å². The lowest BCUT2D eigenvalue weighted by molar-refractivity contribution is 0.105. The molecule has 18 heavy (non-hydrogen) atoms. The summed E-state index contributed by atoms with van der Waals surface area (Å²) in [5, 5.41) is 4.56. The van der Waals surface area contributed by atoms with Crippen molar-refractivity contribution in [3.05, 3.63) is 12.0 Å². The smallest absolute Gasteiger partial charge is 0.149 e. The maximum Gasteiger partial charge on any atom is 0.149 e. The van der Waals surface area contributed by atoms with Crippen molar-refractivity contribution in [1.29, 1.82) is 0 Å². The van der Waals surface area contributed by atoms with Crippen molar-refractivity contribution in [3.8, 4) is 0 Å². The number of fused-ring (bicyclic) bond motifs is 1. The van der Waals surface area contributed by atoms with Crippen LogP contribution in [0.5, 0.6) is 0 Å². The zero-order valence-electron chi connectivity index (χ0n) is 10.7. The number of aromatic nitrogens is 3. The first kappa shape index (κ1) is 11.8. The summed E-state index contributed by atoms with van der Waals surface area (Å²) in [5.74, 6) is 0.867. The first-order valence-electron chi connectivity index (χ1n) is 6.07. The van der Waals surface area contributed by atoms with E-state index in [1.165, 1.54) is 11.5 Å². The van der Waals surface area contributed by atoms with Gasteiger partial charge in [-0.15, -0.1) is 0 Å². The summed E-state index contributed by atoms with van der Waals surface area (Å²) < 4.78 is 9.99. The third kappa shape index (κ3) is 1.76. The molecule has 1 saturated heterocycles. The van der Waals surface area contributed by atoms with Crippen molar-refractivity contribution in [1.82, 2.24) is 14.3 Å². The molecule has 0 bridgehead atoms. The highest BCUT2D eigenvalue weighted by atomic mass is 32.1. The van der Waals surface area contributed by atoms with E-state index in [1.54, 1.807) is 6.33 Å². The van der Waals surface area contributed by atoms with Crippen LogP contribution < -0.4 is 5.32 Å². The molecule has 3 rings (SSSR count). The molecule has 1 aliphatic heterocycles. The van der Waals surface area contributed by atoms with Crippen molar-refractivity contribution in [2.45, 2.75) is 38.8 Å². The average molecular weight is 264 g/mol. The molecule has 0 amide bonds. The van der Waals surface area contributed by atoms with Gasteiger partial charge in [-0.3, -0.25) is 0 Å². The summed E-state index contributed by atoms with van der Waals surface area (Å²) in [6, 6.07) is 0. The molecule has 96 valence electrons. The molecule has 0 aliphatic carbocycles. The van der Waals surface area contributed by atoms with Gasteiger partial charge < -0.3 is 10.1 Å². The Morgan fingerprint density at radius 1 is 1.50 bits per heavy atom. The lowest BCUT2D eigenvalue weighted by atomic mass is 9.94. The van der Waals surface area contributed by atoms with Crippen LogP contribution in [0.3, 0.4) is 0 Å². The van der Waals surface area contributed by atoms with Crippen molar-refractivity contribution in [3.63, 3.8) is 0 Å². The molecule has 2 aromatic rings. The maximum absolute atomic E-state index is 5.65. The maximum atomic E-state index is 5.65. The third-order valence-electron chi connectivity index (χ3n) is 3.73. The quantitative estimate of drug-likeness (QED) is 0.902. The highest BCUT2D eigenvalue weighted by Crippen LogP contribution is 2.33. The van der Waals surface area contributed by atoms with Crippen LogP contribution in [-0.4, -0.2) is 32.6 Å². The summed E-state index contributed by atoms with van der Waals surface area (Å²) in [7, 11) is 0. The highest BCUT2D eigenvalue weighted by Gasteiger charge is 2.37. The minimum absolute atomic E-state index is 0.0737. The zero-order valence-corrected chi connectivity index (χ0v) is 11.5. The Hall–Kier alpha value is -1.27. The summed E-state index contributed by atoms with van der Waals surface area (Å²) in [6.45, 7) is 7.05. The molecular formula is C12H16N4OS. The van der Waals surface area contributed by atoms with Gasteiger partial charge in [-0.1, -0.05) is 0 Å². The molecule has 2 atom stereocenters. The number of rotatable bonds is 2. The van der Waals surface area contributed by atoms with Crippen molar-refractivity contribution >= 4 is 27.6 Å². The molecular weight excluding hydrogens is 248 g/mol. The Morgan fingerprint density at radius 3 is 3.06 bits per heavy atom. The van der Waals surface area contributed by atoms with Crippen LogP contribution in [-0.2, 0) is 4.74 Å². The van der Waals surface area contributed by atoms with E-state index in [1.807, 2.05) is 6.92 Å². The van der Waals surface area contributed by atoms with Gasteiger partial charge in [-0.2, -0.15) is 4.37 Å². The largest absolute Gasteiger partial charge is 0.376 e. The number of nitrogens with zero attached hydrogens (tertiary/aromatic N) is 3. The van der Waals surface area contributed by atoms with Gasteiger partial charge in [0.2, 0.25) is 0 Å². The van der Waals surface area contributed by atoms with Gasteiger partial charge in [0.1, 0.15) is 17.0 Å². The summed E-state index contributed by atoms with van der Waals surface area (Å²) in [5.41, 5.74) is 0.906. The number of nitrogens with one attached hydrogen (secondary N) is 1. The molecule has 0 aromatic carbocycles. The fourth-order valence-electron chi connectivity index (χ4n) is 2.29. The van der Waals surface area contributed by atoms with Gasteiger partial charge in [0.15, 0.2) is 0 Å². The van der Waals surface area contributed by atoms with Crippen LogP contribution in [0.15, 0.2) is 6.33 Å². The van der Waals surface area contributed by atoms with E-state index in [2.05, 4.69) is 33.5 Å². The Kier molecular flexibility index (Phi) is 2.71. The van der Waals surface area contributed by atoms with E-state index in [0.717, 1.165) is 34.8 Å². The van der Waals surface area contributed by atoms with E-state index in [0.29, 0.717) is 0 Å². The molecule has 1 N–H and O–H groups in total. The Bertz CT molecular complexity index is 584. The molecule has 3 heterocycles. The topological polar surface area (TPSA) is 59.9 Å². The number of aryl methyl sites for hydroxylation is 1. The second-order valence-corrected chi connectivity index (χ2v) is 5.73. The lowest BCUT2D eigenvalue weighted by Crippen LogP contribution is -2.41. The molecule has 2 unspecified atom stereocenters. The predicted molar refractivity (Wildman–Crippen MR) is 72.0 cm³/mol. The second-order valence-electron chi connectivity index (χ2n) is 4.98. The predicted octanol–water partition coefficient (Wildman–Crippen LogP) is 2.37. The van der Waals surface area contributed by atoms with E-state index in [-0.39, 0.29) is 11.6 Å².